The fourth-order valence-corrected chi connectivity index (χ4v) is 1.88. The van der Waals surface area contributed by atoms with Crippen molar-refractivity contribution in [1.82, 2.24) is 5.32 Å². The van der Waals surface area contributed by atoms with Crippen LogP contribution in [-0.2, 0) is 9.53 Å². The summed E-state index contributed by atoms with van der Waals surface area (Å²) in [5.74, 6) is 1.29. The molecule has 4 nitrogen and oxygen atoms in total. The molecule has 0 radical (unpaired) electrons. The molecule has 1 unspecified atom stereocenters. The molecule has 5 heteroatoms. The molecular formula is C9H19NO3S. The molecule has 0 heterocycles. The number of aliphatic hydroxyl groups excluding tert-OH is 1. The molecule has 0 amide bonds. The molecule has 0 rings (SSSR count). The lowest BCUT2D eigenvalue weighted by Crippen LogP contribution is -2.48. The van der Waals surface area contributed by atoms with E-state index in [2.05, 4.69) is 5.32 Å². The fourth-order valence-electron chi connectivity index (χ4n) is 0.997. The maximum atomic E-state index is 11.4. The van der Waals surface area contributed by atoms with E-state index in [9.17, 15) is 4.79 Å². The third-order valence-corrected chi connectivity index (χ3v) is 3.13. The van der Waals surface area contributed by atoms with Gasteiger partial charge in [-0.1, -0.05) is 0 Å². The molecule has 1 atom stereocenters. The van der Waals surface area contributed by atoms with Crippen molar-refractivity contribution < 1.29 is 14.6 Å². The number of carbonyl (C=O) groups is 1. The number of rotatable bonds is 7. The minimum absolute atomic E-state index is 0.180. The topological polar surface area (TPSA) is 58.6 Å². The van der Waals surface area contributed by atoms with Gasteiger partial charge in [0, 0.05) is 5.75 Å². The van der Waals surface area contributed by atoms with Crippen LogP contribution in [0.4, 0.5) is 0 Å². The lowest BCUT2D eigenvalue weighted by atomic mass is 10.00. The first-order valence-corrected chi connectivity index (χ1v) is 5.72. The zero-order valence-corrected chi connectivity index (χ0v) is 9.82. The van der Waals surface area contributed by atoms with Crippen LogP contribution in [0, 0.1) is 0 Å². The number of esters is 1. The summed E-state index contributed by atoms with van der Waals surface area (Å²) in [4.78, 5) is 11.4. The van der Waals surface area contributed by atoms with E-state index < -0.39 is 5.54 Å². The summed E-state index contributed by atoms with van der Waals surface area (Å²) in [6.07, 6.45) is 0.695. The zero-order chi connectivity index (χ0) is 11.0. The van der Waals surface area contributed by atoms with E-state index in [0.717, 1.165) is 5.75 Å². The van der Waals surface area contributed by atoms with Gasteiger partial charge < -0.3 is 15.2 Å². The molecule has 0 spiro atoms. The molecule has 0 saturated heterocycles. The van der Waals surface area contributed by atoms with E-state index in [4.69, 9.17) is 9.84 Å². The molecule has 0 aliphatic rings. The van der Waals surface area contributed by atoms with Gasteiger partial charge in [0.05, 0.1) is 13.7 Å². The highest BCUT2D eigenvalue weighted by atomic mass is 32.2. The molecule has 0 aromatic rings. The summed E-state index contributed by atoms with van der Waals surface area (Å²) in [6.45, 7) is 2.00. The highest BCUT2D eigenvalue weighted by molar-refractivity contribution is 7.99. The first-order chi connectivity index (χ1) is 6.60. The maximum absolute atomic E-state index is 11.4. The van der Waals surface area contributed by atoms with E-state index in [1.807, 2.05) is 6.92 Å². The molecule has 14 heavy (non-hydrogen) atoms. The maximum Gasteiger partial charge on any atom is 0.325 e. The second-order valence-corrected chi connectivity index (χ2v) is 4.38. The van der Waals surface area contributed by atoms with Gasteiger partial charge in [-0.2, -0.15) is 11.8 Å². The number of ether oxygens (including phenoxy) is 1. The lowest BCUT2D eigenvalue weighted by Gasteiger charge is -2.25. The summed E-state index contributed by atoms with van der Waals surface area (Å²) in [6, 6.07) is 0. The third kappa shape index (κ3) is 4.30. The van der Waals surface area contributed by atoms with Crippen LogP contribution in [-0.4, -0.2) is 48.9 Å². The SMILES string of the molecule is CNC(C)(CCSCCO)C(=O)OC. The largest absolute Gasteiger partial charge is 0.468 e. The van der Waals surface area contributed by atoms with Crippen molar-refractivity contribution >= 4 is 17.7 Å². The molecule has 2 N–H and O–H groups in total. The van der Waals surface area contributed by atoms with Gasteiger partial charge in [0.15, 0.2) is 0 Å². The molecule has 0 saturated carbocycles. The number of thioether (sulfide) groups is 1. The Labute approximate surface area is 89.4 Å². The number of hydrogen-bond acceptors (Lipinski definition) is 5. The molecule has 0 aromatic carbocycles. The Hall–Kier alpha value is -0.260. The van der Waals surface area contributed by atoms with Crippen LogP contribution in [0.25, 0.3) is 0 Å². The van der Waals surface area contributed by atoms with Crippen molar-refractivity contribution in [3.63, 3.8) is 0 Å². The second kappa shape index (κ2) is 7.09. The summed E-state index contributed by atoms with van der Waals surface area (Å²) < 4.78 is 4.70. The van der Waals surface area contributed by atoms with Gasteiger partial charge in [-0.3, -0.25) is 4.79 Å². The molecule has 0 fully saturated rings. The summed E-state index contributed by atoms with van der Waals surface area (Å²) in [5.41, 5.74) is -0.614. The van der Waals surface area contributed by atoms with E-state index in [-0.39, 0.29) is 12.6 Å². The molecule has 0 aliphatic carbocycles. The number of hydrogen-bond donors (Lipinski definition) is 2. The van der Waals surface area contributed by atoms with Crippen LogP contribution in [0.1, 0.15) is 13.3 Å². The summed E-state index contributed by atoms with van der Waals surface area (Å²) in [5, 5.41) is 11.5. The van der Waals surface area contributed by atoms with Crippen molar-refractivity contribution in [3.8, 4) is 0 Å². The van der Waals surface area contributed by atoms with E-state index in [0.29, 0.717) is 12.2 Å². The molecule has 0 aliphatic heterocycles. The predicted octanol–water partition coefficient (Wildman–Crippen LogP) is 0.253. The van der Waals surface area contributed by atoms with Crippen molar-refractivity contribution in [1.29, 1.82) is 0 Å². The summed E-state index contributed by atoms with van der Waals surface area (Å²) in [7, 11) is 3.13. The smallest absolute Gasteiger partial charge is 0.325 e. The minimum atomic E-state index is -0.614. The van der Waals surface area contributed by atoms with Crippen LogP contribution in [0.5, 0.6) is 0 Å². The van der Waals surface area contributed by atoms with Crippen LogP contribution in [0.15, 0.2) is 0 Å². The van der Waals surface area contributed by atoms with E-state index in [1.54, 1.807) is 18.8 Å². The summed E-state index contributed by atoms with van der Waals surface area (Å²) >= 11 is 1.63. The van der Waals surface area contributed by atoms with Gasteiger partial charge in [0.1, 0.15) is 5.54 Å². The Bertz CT molecular complexity index is 177. The highest BCUT2D eigenvalue weighted by Gasteiger charge is 2.31. The molecule has 0 bridgehead atoms. The Morgan fingerprint density at radius 3 is 2.64 bits per heavy atom. The van der Waals surface area contributed by atoms with Crippen molar-refractivity contribution in [2.24, 2.45) is 0 Å². The van der Waals surface area contributed by atoms with Crippen LogP contribution in [0.3, 0.4) is 0 Å². The minimum Gasteiger partial charge on any atom is -0.468 e. The van der Waals surface area contributed by atoms with Crippen LogP contribution in [0.2, 0.25) is 0 Å². The number of nitrogens with one attached hydrogen (secondary N) is 1. The Kier molecular flexibility index (Phi) is 6.96. The molecule has 0 aromatic heterocycles. The number of carbonyl (C=O) groups excluding carboxylic acids is 1. The van der Waals surface area contributed by atoms with Crippen LogP contribution >= 0.6 is 11.8 Å². The first kappa shape index (κ1) is 13.7. The lowest BCUT2D eigenvalue weighted by molar-refractivity contribution is -0.147. The van der Waals surface area contributed by atoms with E-state index in [1.165, 1.54) is 7.11 Å². The van der Waals surface area contributed by atoms with Crippen molar-refractivity contribution in [2.45, 2.75) is 18.9 Å². The quantitative estimate of drug-likeness (QED) is 0.477. The fraction of sp³-hybridized carbons (Fsp3) is 0.889. The van der Waals surface area contributed by atoms with Gasteiger partial charge >= 0.3 is 5.97 Å². The third-order valence-electron chi connectivity index (χ3n) is 2.17. The van der Waals surface area contributed by atoms with Gasteiger partial charge in [0.25, 0.3) is 0 Å². The van der Waals surface area contributed by atoms with E-state index >= 15 is 0 Å². The number of aliphatic hydroxyl groups is 1. The Balaban J connectivity index is 3.93. The first-order valence-electron chi connectivity index (χ1n) is 4.56. The normalized spacial score (nSPS) is 14.9. The Morgan fingerprint density at radius 2 is 2.21 bits per heavy atom. The highest BCUT2D eigenvalue weighted by Crippen LogP contribution is 2.15. The van der Waals surface area contributed by atoms with Crippen molar-refractivity contribution in [2.75, 3.05) is 32.3 Å². The van der Waals surface area contributed by atoms with Gasteiger partial charge in [-0.15, -0.1) is 0 Å². The van der Waals surface area contributed by atoms with Crippen molar-refractivity contribution in [3.05, 3.63) is 0 Å². The van der Waals surface area contributed by atoms with Crippen LogP contribution < -0.4 is 5.32 Å². The monoisotopic (exact) mass is 221 g/mol. The molecule has 84 valence electrons. The zero-order valence-electron chi connectivity index (χ0n) is 9.00. The number of methoxy groups -OCH3 is 1. The molecular weight excluding hydrogens is 202 g/mol. The average molecular weight is 221 g/mol. The average Bonchev–Trinajstić information content (AvgIpc) is 2.22. The van der Waals surface area contributed by atoms with Gasteiger partial charge in [-0.05, 0) is 26.1 Å². The van der Waals surface area contributed by atoms with Gasteiger partial charge in [-0.25, -0.2) is 0 Å². The number of likely N-dealkylation sites (N-methyl/N-ethyl adjacent to an activating group) is 1. The Morgan fingerprint density at radius 1 is 1.57 bits per heavy atom. The van der Waals surface area contributed by atoms with Gasteiger partial charge in [0.2, 0.25) is 0 Å². The second-order valence-electron chi connectivity index (χ2n) is 3.16. The standard InChI is InChI=1S/C9H19NO3S/c1-9(10-2,8(12)13-3)4-6-14-7-5-11/h10-11H,4-7H2,1-3H3. The predicted molar refractivity (Wildman–Crippen MR) is 58.5 cm³/mol.